The second-order valence-electron chi connectivity index (χ2n) is 30.5. The van der Waals surface area contributed by atoms with Gasteiger partial charge < -0.3 is 33.8 Å². The average Bonchev–Trinajstić information content (AvgIpc) is 2.14. The molecule has 0 saturated carbocycles. The molecule has 0 saturated heterocycles. The summed E-state index contributed by atoms with van der Waals surface area (Å²) in [7, 11) is -9.92. The number of hydrogen-bond acceptors (Lipinski definition) is 15. The van der Waals surface area contributed by atoms with E-state index in [-0.39, 0.29) is 25.7 Å². The van der Waals surface area contributed by atoms with Gasteiger partial charge in [0.05, 0.1) is 26.4 Å². The van der Waals surface area contributed by atoms with Crippen LogP contribution in [0.25, 0.3) is 0 Å². The smallest absolute Gasteiger partial charge is 0.462 e. The Morgan fingerprint density at radius 1 is 0.283 bits per heavy atom. The first-order chi connectivity index (χ1) is 47.6. The molecule has 0 aliphatic carbocycles. The first-order valence-electron chi connectivity index (χ1n) is 41.2. The number of carbonyl (C=O) groups is 4. The summed E-state index contributed by atoms with van der Waals surface area (Å²) in [6.07, 6.45) is 55.6. The number of aliphatic hydroxyl groups excluding tert-OH is 1. The largest absolute Gasteiger partial charge is 0.472 e. The van der Waals surface area contributed by atoms with E-state index in [2.05, 4.69) is 55.4 Å². The van der Waals surface area contributed by atoms with E-state index in [1.165, 1.54) is 212 Å². The highest BCUT2D eigenvalue weighted by atomic mass is 31.2. The molecule has 0 fully saturated rings. The fourth-order valence-electron chi connectivity index (χ4n) is 12.2. The highest BCUT2D eigenvalue weighted by Gasteiger charge is 2.30. The summed E-state index contributed by atoms with van der Waals surface area (Å²) >= 11 is 0. The normalized spacial score (nSPS) is 14.3. The van der Waals surface area contributed by atoms with Gasteiger partial charge in [-0.1, -0.05) is 357 Å². The number of hydrogen-bond donors (Lipinski definition) is 3. The SMILES string of the molecule is CCC(C)CCCCCCCCCCCCCCCCCCCCC(=O)O[C@H](COC(=O)CCCCCCCCCCCCC(C)C)COP(=O)(O)OC[C@@H](O)COP(=O)(O)OC[C@@H](COC(=O)CCCCCCCCCCCC(C)C)OC(=O)CCCCCCCCCCCC(C)C. The van der Waals surface area contributed by atoms with Crippen molar-refractivity contribution in [1.82, 2.24) is 0 Å². The van der Waals surface area contributed by atoms with Crippen LogP contribution in [0.15, 0.2) is 0 Å². The summed E-state index contributed by atoms with van der Waals surface area (Å²) in [5.41, 5.74) is 0. The summed E-state index contributed by atoms with van der Waals surface area (Å²) < 4.78 is 68.6. The minimum absolute atomic E-state index is 0.105. The van der Waals surface area contributed by atoms with E-state index in [1.54, 1.807) is 0 Å². The standard InChI is InChI=1S/C80H156O17P2/c1-9-73(8)59-51-43-35-27-18-16-14-12-10-11-13-15-17-19-29-38-46-54-62-79(84)96-75(66-90-77(82)60-52-44-36-28-21-20-24-32-40-48-56-70(2)3)68-94-98(86,87)92-64-74(81)65-93-99(88,89)95-69-76(97-80(85)63-55-47-39-31-23-26-34-42-50-58-72(6)7)67-91-78(83)61-53-45-37-30-22-25-33-41-49-57-71(4)5/h70-76,81H,9-69H2,1-8H3,(H,86,87)(H,88,89)/t73?,74-,75-,76-/m1/s1. The van der Waals surface area contributed by atoms with E-state index in [0.717, 1.165) is 114 Å². The number of aliphatic hydroxyl groups is 1. The molecule has 17 nitrogen and oxygen atoms in total. The molecule has 0 heterocycles. The Kier molecular flexibility index (Phi) is 67.8. The summed E-state index contributed by atoms with van der Waals surface area (Å²) in [6.45, 7) is 14.2. The van der Waals surface area contributed by atoms with Crippen LogP contribution in [0.3, 0.4) is 0 Å². The van der Waals surface area contributed by atoms with Crippen molar-refractivity contribution >= 4 is 39.5 Å². The minimum Gasteiger partial charge on any atom is -0.462 e. The van der Waals surface area contributed by atoms with Gasteiger partial charge in [-0.25, -0.2) is 9.13 Å². The van der Waals surface area contributed by atoms with Crippen LogP contribution in [0, 0.1) is 23.7 Å². The van der Waals surface area contributed by atoms with Crippen LogP contribution in [-0.4, -0.2) is 96.7 Å². The lowest BCUT2D eigenvalue weighted by atomic mass is 9.99. The first-order valence-corrected chi connectivity index (χ1v) is 44.2. The van der Waals surface area contributed by atoms with Gasteiger partial charge >= 0.3 is 39.5 Å². The number of ether oxygens (including phenoxy) is 4. The molecule has 99 heavy (non-hydrogen) atoms. The molecular formula is C80H156O17P2. The van der Waals surface area contributed by atoms with E-state index in [9.17, 15) is 43.2 Å². The summed E-state index contributed by atoms with van der Waals surface area (Å²) in [5, 5.41) is 10.6. The van der Waals surface area contributed by atoms with Crippen molar-refractivity contribution in [2.24, 2.45) is 23.7 Å². The molecule has 3 unspecified atom stereocenters. The van der Waals surface area contributed by atoms with E-state index in [4.69, 9.17) is 37.0 Å². The van der Waals surface area contributed by atoms with Crippen LogP contribution in [0.1, 0.15) is 409 Å². The molecule has 0 aromatic rings. The molecular weight excluding hydrogens is 1290 g/mol. The number of unbranched alkanes of at least 4 members (excludes halogenated alkanes) is 42. The quantitative estimate of drug-likeness (QED) is 0.0222. The van der Waals surface area contributed by atoms with Crippen LogP contribution in [0.5, 0.6) is 0 Å². The molecule has 19 heteroatoms. The van der Waals surface area contributed by atoms with Crippen LogP contribution in [0.4, 0.5) is 0 Å². The summed E-state index contributed by atoms with van der Waals surface area (Å²) in [4.78, 5) is 72.9. The number of carbonyl (C=O) groups excluding carboxylic acids is 4. The van der Waals surface area contributed by atoms with Crippen molar-refractivity contribution in [3.63, 3.8) is 0 Å². The molecule has 0 bridgehead atoms. The third kappa shape index (κ3) is 72.8. The maximum Gasteiger partial charge on any atom is 0.472 e. The van der Waals surface area contributed by atoms with Crippen LogP contribution in [-0.2, 0) is 65.4 Å². The second-order valence-corrected chi connectivity index (χ2v) is 33.4. The number of esters is 4. The highest BCUT2D eigenvalue weighted by Crippen LogP contribution is 2.45. The van der Waals surface area contributed by atoms with Crippen molar-refractivity contribution in [1.29, 1.82) is 0 Å². The number of rotatable bonds is 77. The van der Waals surface area contributed by atoms with Crippen molar-refractivity contribution < 1.29 is 80.2 Å². The van der Waals surface area contributed by atoms with Gasteiger partial charge in [-0.15, -0.1) is 0 Å². The Balaban J connectivity index is 5.21. The molecule has 0 aromatic carbocycles. The Hall–Kier alpha value is -1.94. The molecule has 0 amide bonds. The van der Waals surface area contributed by atoms with Crippen LogP contribution < -0.4 is 0 Å². The fraction of sp³-hybridized carbons (Fsp3) is 0.950. The van der Waals surface area contributed by atoms with Gasteiger partial charge in [0.2, 0.25) is 0 Å². The number of phosphoric acid groups is 2. The van der Waals surface area contributed by atoms with Gasteiger partial charge in [-0.2, -0.15) is 0 Å². The van der Waals surface area contributed by atoms with Gasteiger partial charge in [-0.05, 0) is 49.4 Å². The molecule has 588 valence electrons. The van der Waals surface area contributed by atoms with E-state index in [1.807, 2.05) is 0 Å². The zero-order valence-corrected chi connectivity index (χ0v) is 66.9. The molecule has 6 atom stereocenters. The van der Waals surface area contributed by atoms with Crippen molar-refractivity contribution in [3.05, 3.63) is 0 Å². The molecule has 0 radical (unpaired) electrons. The third-order valence-electron chi connectivity index (χ3n) is 18.9. The predicted octanol–water partition coefficient (Wildman–Crippen LogP) is 23.6. The zero-order valence-electron chi connectivity index (χ0n) is 65.1. The molecule has 3 N–H and O–H groups in total. The predicted molar refractivity (Wildman–Crippen MR) is 404 cm³/mol. The fourth-order valence-corrected chi connectivity index (χ4v) is 13.8. The third-order valence-corrected chi connectivity index (χ3v) is 20.8. The van der Waals surface area contributed by atoms with Crippen molar-refractivity contribution in [2.75, 3.05) is 39.6 Å². The average molecular weight is 1450 g/mol. The molecule has 0 rings (SSSR count). The van der Waals surface area contributed by atoms with Gasteiger partial charge in [-0.3, -0.25) is 37.3 Å². The van der Waals surface area contributed by atoms with Gasteiger partial charge in [0.25, 0.3) is 0 Å². The van der Waals surface area contributed by atoms with Gasteiger partial charge in [0.1, 0.15) is 19.3 Å². The second kappa shape index (κ2) is 69.1. The molecule has 0 aliphatic rings. The Morgan fingerprint density at radius 2 is 0.485 bits per heavy atom. The molecule has 0 aromatic heterocycles. The lowest BCUT2D eigenvalue weighted by molar-refractivity contribution is -0.161. The summed E-state index contributed by atoms with van der Waals surface area (Å²) in [6, 6.07) is 0. The molecule has 0 aliphatic heterocycles. The van der Waals surface area contributed by atoms with E-state index in [0.29, 0.717) is 25.7 Å². The maximum atomic E-state index is 13.1. The first kappa shape index (κ1) is 97.1. The Bertz CT molecular complexity index is 1940. The minimum atomic E-state index is -4.96. The zero-order chi connectivity index (χ0) is 73.1. The monoisotopic (exact) mass is 1450 g/mol. The van der Waals surface area contributed by atoms with Crippen LogP contribution in [0.2, 0.25) is 0 Å². The van der Waals surface area contributed by atoms with Crippen LogP contribution >= 0.6 is 15.6 Å². The van der Waals surface area contributed by atoms with Crippen molar-refractivity contribution in [2.45, 2.75) is 427 Å². The number of phosphoric ester groups is 2. The van der Waals surface area contributed by atoms with Gasteiger partial charge in [0, 0.05) is 25.7 Å². The lowest BCUT2D eigenvalue weighted by Crippen LogP contribution is -2.30. The molecule has 0 spiro atoms. The Labute approximate surface area is 607 Å². The van der Waals surface area contributed by atoms with Gasteiger partial charge in [0.15, 0.2) is 12.2 Å². The van der Waals surface area contributed by atoms with Crippen molar-refractivity contribution in [3.8, 4) is 0 Å². The summed E-state index contributed by atoms with van der Waals surface area (Å²) in [5.74, 6) is 0.993. The highest BCUT2D eigenvalue weighted by molar-refractivity contribution is 7.47. The van der Waals surface area contributed by atoms with E-state index < -0.39 is 97.5 Å². The maximum absolute atomic E-state index is 13.1. The Morgan fingerprint density at radius 3 is 0.717 bits per heavy atom. The van der Waals surface area contributed by atoms with E-state index >= 15 is 0 Å². The topological polar surface area (TPSA) is 237 Å². The lowest BCUT2D eigenvalue weighted by Gasteiger charge is -2.21.